The molecular weight excluding hydrogens is 349 g/mol. The van der Waals surface area contributed by atoms with E-state index in [0.717, 1.165) is 17.1 Å². The lowest BCUT2D eigenvalue weighted by Crippen LogP contribution is -2.30. The first-order valence-corrected chi connectivity index (χ1v) is 8.47. The zero-order valence-electron chi connectivity index (χ0n) is 13.2. The van der Waals surface area contributed by atoms with Gasteiger partial charge in [0.15, 0.2) is 11.5 Å². The van der Waals surface area contributed by atoms with Crippen LogP contribution in [-0.4, -0.2) is 30.6 Å². The van der Waals surface area contributed by atoms with Gasteiger partial charge in [-0.1, -0.05) is 29.3 Å². The number of amides is 1. The molecule has 2 aromatic rings. The molecule has 4 nitrogen and oxygen atoms in total. The van der Waals surface area contributed by atoms with Gasteiger partial charge < -0.3 is 14.4 Å². The van der Waals surface area contributed by atoms with Gasteiger partial charge in [0.1, 0.15) is 13.2 Å². The van der Waals surface area contributed by atoms with Gasteiger partial charge in [0.25, 0.3) is 5.91 Å². The van der Waals surface area contributed by atoms with Gasteiger partial charge >= 0.3 is 0 Å². The summed E-state index contributed by atoms with van der Waals surface area (Å²) in [7, 11) is 0. The average molecular weight is 366 g/mol. The molecule has 0 spiro atoms. The third-order valence-corrected chi connectivity index (χ3v) is 4.55. The molecule has 0 radical (unpaired) electrons. The molecule has 2 aromatic carbocycles. The summed E-state index contributed by atoms with van der Waals surface area (Å²) in [6.07, 6.45) is 0. The number of fused-ring (bicyclic) bond motifs is 1. The van der Waals surface area contributed by atoms with Gasteiger partial charge in [-0.15, -0.1) is 0 Å². The van der Waals surface area contributed by atoms with E-state index in [1.165, 1.54) is 0 Å². The van der Waals surface area contributed by atoms with Crippen molar-refractivity contribution in [2.45, 2.75) is 13.5 Å². The third-order valence-electron chi connectivity index (χ3n) is 3.82. The Balaban J connectivity index is 1.78. The van der Waals surface area contributed by atoms with Crippen LogP contribution in [0.25, 0.3) is 0 Å². The van der Waals surface area contributed by atoms with Crippen molar-refractivity contribution in [2.75, 3.05) is 19.8 Å². The van der Waals surface area contributed by atoms with Crippen molar-refractivity contribution < 1.29 is 14.3 Å². The molecule has 0 fully saturated rings. The molecule has 24 heavy (non-hydrogen) atoms. The molecule has 1 aliphatic heterocycles. The van der Waals surface area contributed by atoms with Crippen molar-refractivity contribution in [1.29, 1.82) is 0 Å². The predicted molar refractivity (Wildman–Crippen MR) is 94.3 cm³/mol. The highest BCUT2D eigenvalue weighted by atomic mass is 35.5. The predicted octanol–water partition coefficient (Wildman–Crippen LogP) is 4.43. The maximum absolute atomic E-state index is 12.7. The minimum Gasteiger partial charge on any atom is -0.486 e. The smallest absolute Gasteiger partial charge is 0.254 e. The molecule has 0 N–H and O–H groups in total. The Labute approximate surface area is 150 Å². The number of nitrogens with zero attached hydrogens (tertiary/aromatic N) is 1. The van der Waals surface area contributed by atoms with E-state index in [1.54, 1.807) is 23.1 Å². The fourth-order valence-electron chi connectivity index (χ4n) is 2.55. The van der Waals surface area contributed by atoms with E-state index in [9.17, 15) is 4.79 Å². The lowest BCUT2D eigenvalue weighted by molar-refractivity contribution is 0.0752. The van der Waals surface area contributed by atoms with Crippen molar-refractivity contribution in [1.82, 2.24) is 4.90 Å². The molecule has 1 aliphatic rings. The lowest BCUT2D eigenvalue weighted by Gasteiger charge is -2.23. The molecular formula is C18H17Cl2NO3. The Morgan fingerprint density at radius 1 is 1.04 bits per heavy atom. The molecule has 3 rings (SSSR count). The molecule has 0 bridgehead atoms. The summed E-state index contributed by atoms with van der Waals surface area (Å²) >= 11 is 11.9. The number of carbonyl (C=O) groups is 1. The molecule has 0 saturated heterocycles. The molecule has 1 heterocycles. The summed E-state index contributed by atoms with van der Waals surface area (Å²) in [6.45, 7) is 4.09. The summed E-state index contributed by atoms with van der Waals surface area (Å²) < 4.78 is 11.1. The summed E-state index contributed by atoms with van der Waals surface area (Å²) in [5, 5.41) is 0.806. The first-order chi connectivity index (χ1) is 11.6. The maximum Gasteiger partial charge on any atom is 0.254 e. The molecule has 0 atom stereocenters. The molecule has 0 unspecified atom stereocenters. The molecule has 0 aromatic heterocycles. The van der Waals surface area contributed by atoms with Crippen molar-refractivity contribution in [2.24, 2.45) is 0 Å². The van der Waals surface area contributed by atoms with E-state index < -0.39 is 0 Å². The van der Waals surface area contributed by atoms with Crippen LogP contribution in [0.1, 0.15) is 22.8 Å². The van der Waals surface area contributed by atoms with Crippen LogP contribution in [0, 0.1) is 0 Å². The molecule has 0 aliphatic carbocycles. The van der Waals surface area contributed by atoms with Crippen molar-refractivity contribution >= 4 is 29.1 Å². The zero-order chi connectivity index (χ0) is 17.1. The first kappa shape index (κ1) is 16.9. The fraction of sp³-hybridized carbons (Fsp3) is 0.278. The molecule has 6 heteroatoms. The fourth-order valence-corrected chi connectivity index (χ4v) is 2.84. The summed E-state index contributed by atoms with van der Waals surface area (Å²) in [5.74, 6) is 1.37. The highest BCUT2D eigenvalue weighted by Gasteiger charge is 2.18. The van der Waals surface area contributed by atoms with Gasteiger partial charge in [-0.25, -0.2) is 0 Å². The van der Waals surface area contributed by atoms with E-state index in [1.807, 2.05) is 25.1 Å². The minimum absolute atomic E-state index is 0.0917. The van der Waals surface area contributed by atoms with E-state index in [4.69, 9.17) is 32.7 Å². The number of hydrogen-bond acceptors (Lipinski definition) is 3. The Kier molecular flexibility index (Phi) is 5.17. The number of halogens is 2. The van der Waals surface area contributed by atoms with E-state index in [0.29, 0.717) is 41.9 Å². The average Bonchev–Trinajstić information content (AvgIpc) is 2.61. The quantitative estimate of drug-likeness (QED) is 0.804. The Hall–Kier alpha value is -1.91. The Morgan fingerprint density at radius 2 is 1.79 bits per heavy atom. The minimum atomic E-state index is -0.0917. The van der Waals surface area contributed by atoms with Gasteiger partial charge in [0, 0.05) is 18.7 Å². The highest BCUT2D eigenvalue weighted by Crippen LogP contribution is 2.31. The third kappa shape index (κ3) is 3.60. The maximum atomic E-state index is 12.7. The Morgan fingerprint density at radius 3 is 2.50 bits per heavy atom. The van der Waals surface area contributed by atoms with Crippen LogP contribution in [0.5, 0.6) is 11.5 Å². The van der Waals surface area contributed by atoms with Crippen LogP contribution in [0.4, 0.5) is 0 Å². The second kappa shape index (κ2) is 7.32. The normalized spacial score (nSPS) is 12.8. The largest absolute Gasteiger partial charge is 0.486 e. The zero-order valence-corrected chi connectivity index (χ0v) is 14.7. The van der Waals surface area contributed by atoms with Gasteiger partial charge in [0.2, 0.25) is 0 Å². The topological polar surface area (TPSA) is 38.8 Å². The summed E-state index contributed by atoms with van der Waals surface area (Å²) in [4.78, 5) is 14.4. The Bertz CT molecular complexity index is 764. The van der Waals surface area contributed by atoms with E-state index in [-0.39, 0.29) is 5.91 Å². The van der Waals surface area contributed by atoms with Crippen molar-refractivity contribution in [3.05, 3.63) is 57.6 Å². The number of ether oxygens (including phenoxy) is 2. The van der Waals surface area contributed by atoms with Crippen LogP contribution >= 0.6 is 23.2 Å². The first-order valence-electron chi connectivity index (χ1n) is 7.71. The molecule has 0 saturated carbocycles. The van der Waals surface area contributed by atoms with Crippen LogP contribution in [0.3, 0.4) is 0 Å². The number of hydrogen-bond donors (Lipinski definition) is 0. The van der Waals surface area contributed by atoms with Gasteiger partial charge in [0.05, 0.1) is 10.0 Å². The number of benzene rings is 2. The molecule has 126 valence electrons. The van der Waals surface area contributed by atoms with Crippen LogP contribution < -0.4 is 9.47 Å². The van der Waals surface area contributed by atoms with Crippen molar-refractivity contribution in [3.63, 3.8) is 0 Å². The van der Waals surface area contributed by atoms with Crippen molar-refractivity contribution in [3.8, 4) is 11.5 Å². The van der Waals surface area contributed by atoms with Gasteiger partial charge in [-0.05, 0) is 42.8 Å². The lowest BCUT2D eigenvalue weighted by atomic mass is 10.1. The van der Waals surface area contributed by atoms with E-state index in [2.05, 4.69) is 0 Å². The van der Waals surface area contributed by atoms with Crippen LogP contribution in [0.15, 0.2) is 36.4 Å². The second-order valence-corrected chi connectivity index (χ2v) is 6.24. The standard InChI is InChI=1S/C18H17Cl2NO3/c1-2-21(18(22)13-4-5-14(19)15(20)10-13)11-12-3-6-16-17(9-12)24-8-7-23-16/h3-6,9-10H,2,7-8,11H2,1H3. The SMILES string of the molecule is CCN(Cc1ccc2c(c1)OCCO2)C(=O)c1ccc(Cl)c(Cl)c1. The number of carbonyl (C=O) groups excluding carboxylic acids is 1. The van der Waals surface area contributed by atoms with Gasteiger partial charge in [-0.2, -0.15) is 0 Å². The second-order valence-electron chi connectivity index (χ2n) is 5.43. The summed E-state index contributed by atoms with van der Waals surface area (Å²) in [6, 6.07) is 10.6. The molecule has 1 amide bonds. The van der Waals surface area contributed by atoms with Gasteiger partial charge in [-0.3, -0.25) is 4.79 Å². The van der Waals surface area contributed by atoms with Crippen LogP contribution in [0.2, 0.25) is 10.0 Å². The number of rotatable bonds is 4. The van der Waals surface area contributed by atoms with Crippen LogP contribution in [-0.2, 0) is 6.54 Å². The highest BCUT2D eigenvalue weighted by molar-refractivity contribution is 6.42. The van der Waals surface area contributed by atoms with E-state index >= 15 is 0 Å². The monoisotopic (exact) mass is 365 g/mol. The summed E-state index contributed by atoms with van der Waals surface area (Å²) in [5.41, 5.74) is 1.50.